The van der Waals surface area contributed by atoms with Crippen LogP contribution in [0.5, 0.6) is 0 Å². The van der Waals surface area contributed by atoms with E-state index in [1.165, 1.54) is 6.20 Å². The lowest BCUT2D eigenvalue weighted by Crippen LogP contribution is -2.25. The van der Waals surface area contributed by atoms with Crippen LogP contribution in [-0.4, -0.2) is 18.5 Å². The lowest BCUT2D eigenvalue weighted by molar-refractivity contribution is -0.117. The second kappa shape index (κ2) is 10.4. The highest BCUT2D eigenvalue weighted by Gasteiger charge is 2.08. The number of hydrogen-bond donors (Lipinski definition) is 2. The zero-order valence-electron chi connectivity index (χ0n) is 15.1. The van der Waals surface area contributed by atoms with Crippen molar-refractivity contribution in [2.75, 3.05) is 6.61 Å². The molecule has 0 radical (unpaired) electrons. The molecular formula is C21H21N3O3. The van der Waals surface area contributed by atoms with Crippen LogP contribution < -0.4 is 10.6 Å². The Balaban J connectivity index is 1.86. The van der Waals surface area contributed by atoms with E-state index in [4.69, 9.17) is 10.00 Å². The number of nitrogens with zero attached hydrogens (tertiary/aromatic N) is 1. The van der Waals surface area contributed by atoms with Crippen molar-refractivity contribution in [2.24, 2.45) is 0 Å². The van der Waals surface area contributed by atoms with E-state index in [-0.39, 0.29) is 11.5 Å². The fraction of sp³-hybridized carbons (Fsp3) is 0.190. The number of ether oxygens (including phenoxy) is 1. The van der Waals surface area contributed by atoms with Crippen LogP contribution in [0, 0.1) is 11.3 Å². The normalized spacial score (nSPS) is 10.6. The zero-order valence-corrected chi connectivity index (χ0v) is 15.1. The Bertz CT molecular complexity index is 837. The Kier molecular flexibility index (Phi) is 7.61. The summed E-state index contributed by atoms with van der Waals surface area (Å²) in [5, 5.41) is 14.8. The van der Waals surface area contributed by atoms with E-state index in [0.717, 1.165) is 11.1 Å². The molecule has 0 saturated carbocycles. The molecule has 2 rings (SSSR count). The Morgan fingerprint density at radius 3 is 2.33 bits per heavy atom. The summed E-state index contributed by atoms with van der Waals surface area (Å²) in [5.74, 6) is -0.801. The van der Waals surface area contributed by atoms with Gasteiger partial charge in [-0.25, -0.2) is 4.79 Å². The van der Waals surface area contributed by atoms with Gasteiger partial charge in [-0.05, 0) is 30.2 Å². The van der Waals surface area contributed by atoms with Crippen LogP contribution in [0.3, 0.4) is 0 Å². The van der Waals surface area contributed by atoms with Gasteiger partial charge in [0.25, 0.3) is 5.91 Å². The van der Waals surface area contributed by atoms with Crippen molar-refractivity contribution < 1.29 is 14.3 Å². The van der Waals surface area contributed by atoms with Crippen LogP contribution in [0.15, 0.2) is 66.4 Å². The van der Waals surface area contributed by atoms with E-state index in [0.29, 0.717) is 25.3 Å². The maximum absolute atomic E-state index is 12.1. The molecule has 27 heavy (non-hydrogen) atoms. The van der Waals surface area contributed by atoms with Crippen molar-refractivity contribution in [3.8, 4) is 6.07 Å². The summed E-state index contributed by atoms with van der Waals surface area (Å²) in [5.41, 5.74) is 2.34. The molecule has 138 valence electrons. The van der Waals surface area contributed by atoms with Crippen LogP contribution in [0.2, 0.25) is 0 Å². The third-order valence-corrected chi connectivity index (χ3v) is 3.68. The SMILES string of the molecule is CCOC(=O)c1ccc(CN/C=C(/C#N)C(=O)NCc2ccccc2)cc1. The van der Waals surface area contributed by atoms with Gasteiger partial charge in [0.05, 0.1) is 12.2 Å². The second-order valence-corrected chi connectivity index (χ2v) is 5.64. The van der Waals surface area contributed by atoms with E-state index >= 15 is 0 Å². The van der Waals surface area contributed by atoms with Gasteiger partial charge in [-0.1, -0.05) is 42.5 Å². The van der Waals surface area contributed by atoms with E-state index in [2.05, 4.69) is 10.6 Å². The van der Waals surface area contributed by atoms with Crippen LogP contribution in [0.25, 0.3) is 0 Å². The third-order valence-electron chi connectivity index (χ3n) is 3.68. The molecule has 2 N–H and O–H groups in total. The summed E-state index contributed by atoms with van der Waals surface area (Å²) in [6.07, 6.45) is 1.39. The Labute approximate surface area is 158 Å². The van der Waals surface area contributed by atoms with Crippen molar-refractivity contribution in [1.29, 1.82) is 5.26 Å². The molecule has 0 spiro atoms. The Hall–Kier alpha value is -3.59. The first-order chi connectivity index (χ1) is 13.1. The Morgan fingerprint density at radius 1 is 1.04 bits per heavy atom. The molecule has 0 fully saturated rings. The minimum absolute atomic E-state index is 0.00549. The topological polar surface area (TPSA) is 91.2 Å². The predicted octanol–water partition coefficient (Wildman–Crippen LogP) is 2.68. The monoisotopic (exact) mass is 363 g/mol. The molecular weight excluding hydrogens is 342 g/mol. The molecule has 0 aliphatic heterocycles. The molecule has 6 nitrogen and oxygen atoms in total. The molecule has 2 aromatic carbocycles. The number of benzene rings is 2. The van der Waals surface area contributed by atoms with Gasteiger partial charge >= 0.3 is 5.97 Å². The van der Waals surface area contributed by atoms with Gasteiger partial charge in [0, 0.05) is 19.3 Å². The zero-order chi connectivity index (χ0) is 19.5. The highest BCUT2D eigenvalue weighted by atomic mass is 16.5. The molecule has 0 aromatic heterocycles. The molecule has 6 heteroatoms. The summed E-state index contributed by atoms with van der Waals surface area (Å²) in [4.78, 5) is 23.7. The van der Waals surface area contributed by atoms with Crippen LogP contribution >= 0.6 is 0 Å². The highest BCUT2D eigenvalue weighted by Crippen LogP contribution is 2.06. The number of carbonyl (C=O) groups is 2. The highest BCUT2D eigenvalue weighted by molar-refractivity contribution is 5.97. The van der Waals surface area contributed by atoms with Gasteiger partial charge in [-0.3, -0.25) is 4.79 Å². The van der Waals surface area contributed by atoms with Crippen molar-refractivity contribution in [2.45, 2.75) is 20.0 Å². The molecule has 0 atom stereocenters. The van der Waals surface area contributed by atoms with Gasteiger partial charge in [-0.15, -0.1) is 0 Å². The fourth-order valence-corrected chi connectivity index (χ4v) is 2.27. The minimum atomic E-state index is -0.438. The number of rotatable bonds is 8. The first-order valence-electron chi connectivity index (χ1n) is 8.56. The minimum Gasteiger partial charge on any atom is -0.462 e. The average Bonchev–Trinajstić information content (AvgIpc) is 2.71. The van der Waals surface area contributed by atoms with Crippen LogP contribution in [-0.2, 0) is 22.6 Å². The summed E-state index contributed by atoms with van der Waals surface area (Å²) >= 11 is 0. The van der Waals surface area contributed by atoms with Crippen LogP contribution in [0.4, 0.5) is 0 Å². The quantitative estimate of drug-likeness (QED) is 0.427. The largest absolute Gasteiger partial charge is 0.462 e. The van der Waals surface area contributed by atoms with E-state index in [1.54, 1.807) is 31.2 Å². The first-order valence-corrected chi connectivity index (χ1v) is 8.56. The first kappa shape index (κ1) is 19.7. The second-order valence-electron chi connectivity index (χ2n) is 5.64. The van der Waals surface area contributed by atoms with Crippen molar-refractivity contribution in [3.05, 3.63) is 83.1 Å². The Morgan fingerprint density at radius 2 is 1.70 bits per heavy atom. The number of carbonyl (C=O) groups excluding carboxylic acids is 2. The number of esters is 1. The van der Waals surface area contributed by atoms with Gasteiger partial charge < -0.3 is 15.4 Å². The summed E-state index contributed by atoms with van der Waals surface area (Å²) < 4.78 is 4.93. The molecule has 1 amide bonds. The molecule has 0 aliphatic carbocycles. The molecule has 0 saturated heterocycles. The lowest BCUT2D eigenvalue weighted by Gasteiger charge is -2.06. The molecule has 0 bridgehead atoms. The number of hydrogen-bond acceptors (Lipinski definition) is 5. The molecule has 0 heterocycles. The summed E-state index contributed by atoms with van der Waals surface area (Å²) in [6, 6.07) is 18.3. The van der Waals surface area contributed by atoms with Crippen molar-refractivity contribution in [3.63, 3.8) is 0 Å². The van der Waals surface area contributed by atoms with Gasteiger partial charge in [0.2, 0.25) is 0 Å². The third kappa shape index (κ3) is 6.33. The van der Waals surface area contributed by atoms with Gasteiger partial charge in [-0.2, -0.15) is 5.26 Å². The number of nitrogens with one attached hydrogen (secondary N) is 2. The molecule has 0 unspecified atom stereocenters. The smallest absolute Gasteiger partial charge is 0.338 e. The summed E-state index contributed by atoms with van der Waals surface area (Å²) in [7, 11) is 0. The molecule has 0 aliphatic rings. The maximum Gasteiger partial charge on any atom is 0.338 e. The van der Waals surface area contributed by atoms with Gasteiger partial charge in [0.15, 0.2) is 0 Å². The standard InChI is InChI=1S/C21H21N3O3/c1-2-27-21(26)18-10-8-17(9-11-18)13-23-15-19(12-22)20(25)24-14-16-6-4-3-5-7-16/h3-11,15,23H,2,13-14H2,1H3,(H,24,25)/b19-15-. The van der Waals surface area contributed by atoms with Gasteiger partial charge in [0.1, 0.15) is 11.6 Å². The van der Waals surface area contributed by atoms with Crippen molar-refractivity contribution >= 4 is 11.9 Å². The molecule has 2 aromatic rings. The van der Waals surface area contributed by atoms with E-state index in [1.807, 2.05) is 36.4 Å². The average molecular weight is 363 g/mol. The lowest BCUT2D eigenvalue weighted by atomic mass is 10.1. The fourth-order valence-electron chi connectivity index (χ4n) is 2.27. The number of amides is 1. The summed E-state index contributed by atoms with van der Waals surface area (Å²) in [6.45, 7) is 2.86. The van der Waals surface area contributed by atoms with E-state index < -0.39 is 5.91 Å². The van der Waals surface area contributed by atoms with Crippen molar-refractivity contribution in [1.82, 2.24) is 10.6 Å². The predicted molar refractivity (Wildman–Crippen MR) is 101 cm³/mol. The maximum atomic E-state index is 12.1. The number of nitriles is 1. The van der Waals surface area contributed by atoms with E-state index in [9.17, 15) is 9.59 Å². The van der Waals surface area contributed by atoms with Crippen LogP contribution in [0.1, 0.15) is 28.4 Å².